The number of hydrogen-bond acceptors (Lipinski definition) is 7. The molecule has 1 fully saturated rings. The first-order valence-corrected chi connectivity index (χ1v) is 11.1. The lowest BCUT2D eigenvalue weighted by Gasteiger charge is -2.23. The molecule has 2 aromatic carbocycles. The monoisotopic (exact) mass is 462 g/mol. The van der Waals surface area contributed by atoms with Crippen LogP contribution in [0.25, 0.3) is 5.76 Å². The molecule has 1 aliphatic heterocycles. The number of methoxy groups -OCH3 is 1. The van der Waals surface area contributed by atoms with Crippen LogP contribution in [-0.4, -0.2) is 34.9 Å². The van der Waals surface area contributed by atoms with Crippen molar-refractivity contribution in [3.05, 3.63) is 86.9 Å². The van der Waals surface area contributed by atoms with Gasteiger partial charge in [0.25, 0.3) is 5.78 Å². The molecule has 3 aromatic rings. The molecule has 1 atom stereocenters. The summed E-state index contributed by atoms with van der Waals surface area (Å²) in [4.78, 5) is 44.5. The first-order valence-electron chi connectivity index (χ1n) is 10.2. The number of anilines is 1. The van der Waals surface area contributed by atoms with Crippen LogP contribution in [0.3, 0.4) is 0 Å². The van der Waals surface area contributed by atoms with Crippen molar-refractivity contribution in [3.8, 4) is 0 Å². The highest BCUT2D eigenvalue weighted by Gasteiger charge is 2.48. The minimum Gasteiger partial charge on any atom is -0.507 e. The van der Waals surface area contributed by atoms with Gasteiger partial charge in [0.2, 0.25) is 0 Å². The average Bonchev–Trinajstić information content (AvgIpc) is 3.32. The number of carbonyl (C=O) groups is 3. The second kappa shape index (κ2) is 8.63. The first-order chi connectivity index (χ1) is 15.7. The van der Waals surface area contributed by atoms with Gasteiger partial charge in [0.15, 0.2) is 5.13 Å². The molecule has 8 heteroatoms. The van der Waals surface area contributed by atoms with Gasteiger partial charge in [0.05, 0.1) is 24.4 Å². The summed E-state index contributed by atoms with van der Waals surface area (Å²) in [6, 6.07) is 13.6. The molecule has 4 rings (SSSR count). The normalized spacial score (nSPS) is 17.5. The van der Waals surface area contributed by atoms with Crippen LogP contribution in [0.5, 0.6) is 0 Å². The Morgan fingerprint density at radius 2 is 1.79 bits per heavy atom. The molecule has 1 N–H and O–H groups in total. The summed E-state index contributed by atoms with van der Waals surface area (Å²) >= 11 is 0.972. The Balaban J connectivity index is 1.96. The Morgan fingerprint density at radius 3 is 2.45 bits per heavy atom. The lowest BCUT2D eigenvalue weighted by molar-refractivity contribution is -0.132. The molecule has 1 amide bonds. The van der Waals surface area contributed by atoms with Crippen molar-refractivity contribution < 1.29 is 24.2 Å². The number of hydrogen-bond donors (Lipinski definition) is 1. The van der Waals surface area contributed by atoms with E-state index in [0.29, 0.717) is 16.8 Å². The molecule has 1 aliphatic rings. The zero-order chi connectivity index (χ0) is 23.9. The number of ketones is 1. The van der Waals surface area contributed by atoms with Gasteiger partial charge in [-0.15, -0.1) is 0 Å². The van der Waals surface area contributed by atoms with Gasteiger partial charge in [-0.05, 0) is 38.0 Å². The number of aliphatic hydroxyl groups is 1. The van der Waals surface area contributed by atoms with E-state index in [2.05, 4.69) is 4.98 Å². The highest BCUT2D eigenvalue weighted by molar-refractivity contribution is 7.17. The van der Waals surface area contributed by atoms with E-state index in [9.17, 15) is 19.5 Å². The number of aliphatic hydroxyl groups excluding tert-OH is 1. The van der Waals surface area contributed by atoms with E-state index in [1.54, 1.807) is 37.3 Å². The van der Waals surface area contributed by atoms with Crippen molar-refractivity contribution in [1.29, 1.82) is 0 Å². The fraction of sp³-hybridized carbons (Fsp3) is 0.200. The zero-order valence-electron chi connectivity index (χ0n) is 18.6. The second-order valence-electron chi connectivity index (χ2n) is 7.80. The van der Waals surface area contributed by atoms with Crippen LogP contribution < -0.4 is 4.90 Å². The molecule has 2 heterocycles. The molecule has 0 radical (unpaired) electrons. The van der Waals surface area contributed by atoms with Gasteiger partial charge >= 0.3 is 11.9 Å². The fourth-order valence-corrected chi connectivity index (χ4v) is 4.90. The van der Waals surface area contributed by atoms with Crippen molar-refractivity contribution in [2.24, 2.45) is 0 Å². The van der Waals surface area contributed by atoms with Crippen LogP contribution in [0, 0.1) is 20.8 Å². The Kier molecular flexibility index (Phi) is 5.86. The van der Waals surface area contributed by atoms with Crippen LogP contribution in [-0.2, 0) is 14.3 Å². The summed E-state index contributed by atoms with van der Waals surface area (Å²) in [5.74, 6) is -2.44. The topological polar surface area (TPSA) is 96.8 Å². The molecule has 168 valence electrons. The smallest absolute Gasteiger partial charge is 0.350 e. The molecule has 0 spiro atoms. The van der Waals surface area contributed by atoms with Crippen LogP contribution in [0.15, 0.2) is 54.1 Å². The predicted octanol–water partition coefficient (Wildman–Crippen LogP) is 4.48. The first kappa shape index (κ1) is 22.4. The number of amides is 1. The van der Waals surface area contributed by atoms with Gasteiger partial charge in [-0.2, -0.15) is 0 Å². The van der Waals surface area contributed by atoms with Crippen LogP contribution >= 0.6 is 11.3 Å². The molecule has 0 saturated carbocycles. The van der Waals surface area contributed by atoms with Crippen molar-refractivity contribution in [3.63, 3.8) is 0 Å². The number of Topliss-reactive ketones (excluding diaryl/α,β-unsaturated/α-hetero) is 1. The minimum atomic E-state index is -0.901. The third-order valence-electron chi connectivity index (χ3n) is 5.57. The number of ether oxygens (including phenoxy) is 1. The Bertz CT molecular complexity index is 1310. The lowest BCUT2D eigenvalue weighted by atomic mass is 9.93. The number of benzene rings is 2. The van der Waals surface area contributed by atoms with E-state index in [0.717, 1.165) is 22.5 Å². The Morgan fingerprint density at radius 1 is 1.09 bits per heavy atom. The van der Waals surface area contributed by atoms with Gasteiger partial charge in [-0.1, -0.05) is 59.4 Å². The van der Waals surface area contributed by atoms with Crippen LogP contribution in [0.4, 0.5) is 5.13 Å². The largest absolute Gasteiger partial charge is 0.507 e. The summed E-state index contributed by atoms with van der Waals surface area (Å²) in [5.41, 5.74) is 3.17. The van der Waals surface area contributed by atoms with Crippen molar-refractivity contribution >= 4 is 39.9 Å². The Labute approximate surface area is 195 Å². The van der Waals surface area contributed by atoms with Crippen molar-refractivity contribution in [2.45, 2.75) is 26.8 Å². The van der Waals surface area contributed by atoms with E-state index in [-0.39, 0.29) is 21.3 Å². The van der Waals surface area contributed by atoms with E-state index in [1.165, 1.54) is 12.0 Å². The maximum absolute atomic E-state index is 13.2. The second-order valence-corrected chi connectivity index (χ2v) is 8.78. The van der Waals surface area contributed by atoms with Gasteiger partial charge in [-0.25, -0.2) is 9.78 Å². The fourth-order valence-electron chi connectivity index (χ4n) is 3.88. The zero-order valence-corrected chi connectivity index (χ0v) is 19.4. The molecule has 0 bridgehead atoms. The quantitative estimate of drug-likeness (QED) is 0.266. The van der Waals surface area contributed by atoms with Crippen LogP contribution in [0.1, 0.15) is 43.7 Å². The number of carbonyl (C=O) groups excluding carboxylic acids is 3. The third-order valence-corrected chi connectivity index (χ3v) is 6.71. The summed E-state index contributed by atoms with van der Waals surface area (Å²) in [6.45, 7) is 5.35. The molecule has 7 nitrogen and oxygen atoms in total. The molecule has 1 unspecified atom stereocenters. The molecule has 1 saturated heterocycles. The SMILES string of the molecule is COC(=O)c1sc(N2C(=O)C(=O)/C(=C(\O)c3cc(C)ccc3C)C2c2ccccc2)nc1C. The number of nitrogens with zero attached hydrogens (tertiary/aromatic N) is 2. The number of rotatable bonds is 4. The summed E-state index contributed by atoms with van der Waals surface area (Å²) in [7, 11) is 1.27. The minimum absolute atomic E-state index is 0.0210. The number of aryl methyl sites for hydroxylation is 3. The van der Waals surface area contributed by atoms with Gasteiger partial charge < -0.3 is 9.84 Å². The summed E-state index contributed by atoms with van der Waals surface area (Å²) in [5, 5.41) is 11.5. The number of aromatic nitrogens is 1. The van der Waals surface area contributed by atoms with Gasteiger partial charge in [-0.3, -0.25) is 14.5 Å². The van der Waals surface area contributed by atoms with Gasteiger partial charge in [0, 0.05) is 5.56 Å². The number of esters is 1. The highest BCUT2D eigenvalue weighted by atomic mass is 32.1. The van der Waals surface area contributed by atoms with Crippen molar-refractivity contribution in [1.82, 2.24) is 4.98 Å². The van der Waals surface area contributed by atoms with E-state index < -0.39 is 23.7 Å². The van der Waals surface area contributed by atoms with Crippen molar-refractivity contribution in [2.75, 3.05) is 12.0 Å². The molecular weight excluding hydrogens is 440 g/mol. The summed E-state index contributed by atoms with van der Waals surface area (Å²) in [6.07, 6.45) is 0. The third kappa shape index (κ3) is 3.82. The van der Waals surface area contributed by atoms with E-state index in [1.807, 2.05) is 32.0 Å². The summed E-state index contributed by atoms with van der Waals surface area (Å²) < 4.78 is 4.81. The van der Waals surface area contributed by atoms with E-state index >= 15 is 0 Å². The highest BCUT2D eigenvalue weighted by Crippen LogP contribution is 2.44. The standard InChI is InChI=1S/C25H22N2O5S/c1-13-10-11-14(2)17(12-13)20(28)18-19(16-8-6-5-7-9-16)27(23(30)21(18)29)25-26-15(3)22(33-25)24(31)32-4/h5-12,19,28H,1-4H3/b20-18-. The maximum Gasteiger partial charge on any atom is 0.350 e. The average molecular weight is 463 g/mol. The molecular formula is C25H22N2O5S. The maximum atomic E-state index is 13.2. The molecule has 1 aromatic heterocycles. The number of thiazole rings is 1. The van der Waals surface area contributed by atoms with Crippen LogP contribution in [0.2, 0.25) is 0 Å². The predicted molar refractivity (Wildman–Crippen MR) is 125 cm³/mol. The molecule has 33 heavy (non-hydrogen) atoms. The Hall–Kier alpha value is -3.78. The van der Waals surface area contributed by atoms with E-state index in [4.69, 9.17) is 4.74 Å². The lowest BCUT2D eigenvalue weighted by Crippen LogP contribution is -2.29. The molecule has 0 aliphatic carbocycles. The van der Waals surface area contributed by atoms with Gasteiger partial charge in [0.1, 0.15) is 10.6 Å².